The zero-order valence-electron chi connectivity index (χ0n) is 6.89. The second kappa shape index (κ2) is 4.40. The second-order valence-corrected chi connectivity index (χ2v) is 3.23. The van der Waals surface area contributed by atoms with E-state index in [4.69, 9.17) is 33.7 Å². The minimum atomic E-state index is 0.364. The summed E-state index contributed by atoms with van der Waals surface area (Å²) in [5.41, 5.74) is 6.03. The summed E-state index contributed by atoms with van der Waals surface area (Å²) in [6.07, 6.45) is 1.61. The van der Waals surface area contributed by atoms with Crippen molar-refractivity contribution >= 4 is 28.9 Å². The summed E-state index contributed by atoms with van der Waals surface area (Å²) in [6.45, 7) is 3.88. The Morgan fingerprint density at radius 1 is 1.38 bits per heavy atom. The Kier molecular flexibility index (Phi) is 3.46. The van der Waals surface area contributed by atoms with Crippen LogP contribution in [-0.2, 0) is 0 Å². The number of benzene rings is 1. The minimum absolute atomic E-state index is 0.364. The fourth-order valence-corrected chi connectivity index (χ4v) is 1.47. The topological polar surface area (TPSA) is 35.2 Å². The lowest BCUT2D eigenvalue weighted by molar-refractivity contribution is 0.364. The lowest BCUT2D eigenvalue weighted by Gasteiger charge is -2.08. The first-order valence-corrected chi connectivity index (χ1v) is 4.39. The molecule has 0 unspecified atom stereocenters. The van der Waals surface area contributed by atoms with Crippen molar-refractivity contribution in [2.24, 2.45) is 0 Å². The van der Waals surface area contributed by atoms with Crippen LogP contribution in [-0.4, -0.2) is 6.61 Å². The monoisotopic (exact) mass is 217 g/mol. The van der Waals surface area contributed by atoms with Gasteiger partial charge in [-0.2, -0.15) is 0 Å². The van der Waals surface area contributed by atoms with E-state index < -0.39 is 0 Å². The van der Waals surface area contributed by atoms with E-state index in [-0.39, 0.29) is 0 Å². The quantitative estimate of drug-likeness (QED) is 0.624. The molecule has 0 radical (unpaired) electrons. The molecule has 2 N–H and O–H groups in total. The van der Waals surface area contributed by atoms with Gasteiger partial charge in [0.2, 0.25) is 0 Å². The molecule has 0 spiro atoms. The Hall–Kier alpha value is -0.860. The molecular formula is C9H9Cl2NO. The first-order valence-electron chi connectivity index (χ1n) is 3.63. The maximum absolute atomic E-state index is 5.85. The highest BCUT2D eigenvalue weighted by Gasteiger charge is 2.07. The van der Waals surface area contributed by atoms with Gasteiger partial charge in [-0.15, -0.1) is 0 Å². The Bertz CT molecular complexity index is 302. The molecule has 0 saturated carbocycles. The number of ether oxygens (including phenoxy) is 1. The van der Waals surface area contributed by atoms with Gasteiger partial charge < -0.3 is 10.5 Å². The SMILES string of the molecule is C=CCOc1c(Cl)cc(N)cc1Cl. The van der Waals surface area contributed by atoms with E-state index in [0.717, 1.165) is 0 Å². The number of nitrogens with two attached hydrogens (primary N) is 1. The number of nitrogen functional groups attached to an aromatic ring is 1. The number of anilines is 1. The van der Waals surface area contributed by atoms with Crippen molar-refractivity contribution in [1.29, 1.82) is 0 Å². The summed E-state index contributed by atoms with van der Waals surface area (Å²) in [7, 11) is 0. The van der Waals surface area contributed by atoms with E-state index in [1.54, 1.807) is 18.2 Å². The van der Waals surface area contributed by atoms with Gasteiger partial charge in [0, 0.05) is 5.69 Å². The van der Waals surface area contributed by atoms with Gasteiger partial charge in [-0.25, -0.2) is 0 Å². The third-order valence-electron chi connectivity index (χ3n) is 1.37. The lowest BCUT2D eigenvalue weighted by Crippen LogP contribution is -1.95. The summed E-state index contributed by atoms with van der Waals surface area (Å²) in [5, 5.41) is 0.818. The highest BCUT2D eigenvalue weighted by Crippen LogP contribution is 2.34. The van der Waals surface area contributed by atoms with E-state index in [0.29, 0.717) is 28.1 Å². The van der Waals surface area contributed by atoms with E-state index in [2.05, 4.69) is 6.58 Å². The van der Waals surface area contributed by atoms with Crippen LogP contribution in [0.5, 0.6) is 5.75 Å². The number of hydrogen-bond acceptors (Lipinski definition) is 2. The van der Waals surface area contributed by atoms with Crippen LogP contribution in [0.4, 0.5) is 5.69 Å². The predicted molar refractivity (Wildman–Crippen MR) is 56.6 cm³/mol. The summed E-state index contributed by atoms with van der Waals surface area (Å²) < 4.78 is 5.23. The maximum atomic E-state index is 5.85. The van der Waals surface area contributed by atoms with Crippen LogP contribution in [0.3, 0.4) is 0 Å². The van der Waals surface area contributed by atoms with Gasteiger partial charge in [0.15, 0.2) is 5.75 Å². The first kappa shape index (κ1) is 10.2. The molecule has 0 amide bonds. The average Bonchev–Trinajstić information content (AvgIpc) is 2.02. The van der Waals surface area contributed by atoms with Gasteiger partial charge >= 0.3 is 0 Å². The maximum Gasteiger partial charge on any atom is 0.157 e. The molecular weight excluding hydrogens is 209 g/mol. The van der Waals surface area contributed by atoms with Gasteiger partial charge in [0.05, 0.1) is 10.0 Å². The molecule has 0 heterocycles. The normalized spacial score (nSPS) is 9.69. The summed E-state index contributed by atoms with van der Waals surface area (Å²) in [5.74, 6) is 0.442. The predicted octanol–water partition coefficient (Wildman–Crippen LogP) is 3.14. The minimum Gasteiger partial charge on any atom is -0.486 e. The van der Waals surface area contributed by atoms with Gasteiger partial charge in [-0.1, -0.05) is 35.9 Å². The standard InChI is InChI=1S/C9H9Cl2NO/c1-2-3-13-9-7(10)4-6(12)5-8(9)11/h2,4-5H,1,3,12H2. The molecule has 2 nitrogen and oxygen atoms in total. The highest BCUT2D eigenvalue weighted by molar-refractivity contribution is 6.37. The molecule has 0 aliphatic heterocycles. The molecule has 70 valence electrons. The van der Waals surface area contributed by atoms with Crippen molar-refractivity contribution in [3.8, 4) is 5.75 Å². The third-order valence-corrected chi connectivity index (χ3v) is 1.93. The highest BCUT2D eigenvalue weighted by atomic mass is 35.5. The molecule has 0 saturated heterocycles. The van der Waals surface area contributed by atoms with E-state index in [1.807, 2.05) is 0 Å². The van der Waals surface area contributed by atoms with Crippen LogP contribution in [0.1, 0.15) is 0 Å². The second-order valence-electron chi connectivity index (χ2n) is 2.41. The molecule has 1 aromatic rings. The smallest absolute Gasteiger partial charge is 0.157 e. The third kappa shape index (κ3) is 2.54. The Morgan fingerprint density at radius 2 is 1.92 bits per heavy atom. The van der Waals surface area contributed by atoms with Crippen molar-refractivity contribution < 1.29 is 4.74 Å². The van der Waals surface area contributed by atoms with Crippen LogP contribution >= 0.6 is 23.2 Å². The molecule has 1 aromatic carbocycles. The van der Waals surface area contributed by atoms with Gasteiger partial charge in [-0.3, -0.25) is 0 Å². The summed E-state index contributed by atoms with van der Waals surface area (Å²) in [4.78, 5) is 0. The van der Waals surface area contributed by atoms with Crippen LogP contribution < -0.4 is 10.5 Å². The van der Waals surface area contributed by atoms with Crippen LogP contribution in [0.25, 0.3) is 0 Å². The van der Waals surface area contributed by atoms with Crippen molar-refractivity contribution in [1.82, 2.24) is 0 Å². The first-order chi connectivity index (χ1) is 6.15. The van der Waals surface area contributed by atoms with Crippen LogP contribution in [0, 0.1) is 0 Å². The zero-order chi connectivity index (χ0) is 9.84. The molecule has 0 bridgehead atoms. The zero-order valence-corrected chi connectivity index (χ0v) is 8.40. The Labute approximate surface area is 86.9 Å². The van der Waals surface area contributed by atoms with E-state index >= 15 is 0 Å². The molecule has 0 aliphatic carbocycles. The molecule has 4 heteroatoms. The largest absolute Gasteiger partial charge is 0.486 e. The molecule has 1 rings (SSSR count). The molecule has 0 aromatic heterocycles. The fourth-order valence-electron chi connectivity index (χ4n) is 0.860. The molecule has 0 fully saturated rings. The summed E-state index contributed by atoms with van der Waals surface area (Å²) >= 11 is 11.7. The number of hydrogen-bond donors (Lipinski definition) is 1. The average molecular weight is 218 g/mol. The molecule has 0 aliphatic rings. The Balaban J connectivity index is 2.98. The van der Waals surface area contributed by atoms with Gasteiger partial charge in [0.25, 0.3) is 0 Å². The van der Waals surface area contributed by atoms with Crippen LogP contribution in [0.15, 0.2) is 24.8 Å². The Morgan fingerprint density at radius 3 is 2.38 bits per heavy atom. The van der Waals surface area contributed by atoms with E-state index in [9.17, 15) is 0 Å². The van der Waals surface area contributed by atoms with Crippen LogP contribution in [0.2, 0.25) is 10.0 Å². The van der Waals surface area contributed by atoms with Crippen molar-refractivity contribution in [3.05, 3.63) is 34.8 Å². The number of halogens is 2. The van der Waals surface area contributed by atoms with Crippen molar-refractivity contribution in [2.75, 3.05) is 12.3 Å². The summed E-state index contributed by atoms with van der Waals surface area (Å²) in [6, 6.07) is 3.18. The van der Waals surface area contributed by atoms with Crippen molar-refractivity contribution in [3.63, 3.8) is 0 Å². The lowest BCUT2D eigenvalue weighted by atomic mass is 10.3. The van der Waals surface area contributed by atoms with Gasteiger partial charge in [0.1, 0.15) is 6.61 Å². The fraction of sp³-hybridized carbons (Fsp3) is 0.111. The van der Waals surface area contributed by atoms with Gasteiger partial charge in [-0.05, 0) is 12.1 Å². The number of rotatable bonds is 3. The van der Waals surface area contributed by atoms with E-state index in [1.165, 1.54) is 0 Å². The molecule has 0 atom stereocenters. The van der Waals surface area contributed by atoms with Crippen molar-refractivity contribution in [2.45, 2.75) is 0 Å². The molecule has 13 heavy (non-hydrogen) atoms.